The summed E-state index contributed by atoms with van der Waals surface area (Å²) in [7, 11) is 1.77. The summed E-state index contributed by atoms with van der Waals surface area (Å²) in [6, 6.07) is 0. The quantitative estimate of drug-likeness (QED) is 0.815. The van der Waals surface area contributed by atoms with E-state index < -0.39 is 0 Å². The maximum Gasteiger partial charge on any atom is 0.223 e. The third-order valence-electron chi connectivity index (χ3n) is 5.61. The van der Waals surface area contributed by atoms with Gasteiger partial charge in [0.25, 0.3) is 0 Å². The molecule has 0 aromatic carbocycles. The second-order valence-corrected chi connectivity index (χ2v) is 6.83. The van der Waals surface area contributed by atoms with Crippen LogP contribution in [0.1, 0.15) is 51.4 Å². The molecule has 1 spiro atoms. The smallest absolute Gasteiger partial charge is 0.223 e. The average Bonchev–Trinajstić information content (AvgIpc) is 2.95. The van der Waals surface area contributed by atoms with E-state index in [4.69, 9.17) is 4.74 Å². The Morgan fingerprint density at radius 1 is 1.22 bits per heavy atom. The minimum atomic E-state index is 0.228. The van der Waals surface area contributed by atoms with Crippen LogP contribution >= 0.6 is 0 Å². The molecule has 3 aliphatic rings. The van der Waals surface area contributed by atoms with Gasteiger partial charge in [-0.3, -0.25) is 4.79 Å². The first-order valence-corrected chi connectivity index (χ1v) is 7.47. The van der Waals surface area contributed by atoms with Gasteiger partial charge in [0.15, 0.2) is 0 Å². The van der Waals surface area contributed by atoms with Crippen molar-refractivity contribution in [2.24, 2.45) is 16.7 Å². The fourth-order valence-electron chi connectivity index (χ4n) is 4.10. The number of nitrogens with one attached hydrogen (secondary N) is 1. The molecule has 0 bridgehead atoms. The van der Waals surface area contributed by atoms with Crippen LogP contribution < -0.4 is 5.32 Å². The van der Waals surface area contributed by atoms with E-state index in [2.05, 4.69) is 5.32 Å². The van der Waals surface area contributed by atoms with Gasteiger partial charge in [0.1, 0.15) is 0 Å². The summed E-state index contributed by atoms with van der Waals surface area (Å²) in [5.41, 5.74) is 0.681. The van der Waals surface area contributed by atoms with E-state index in [0.29, 0.717) is 17.2 Å². The molecule has 3 heteroatoms. The number of hydrogen-bond donors (Lipinski definition) is 1. The highest BCUT2D eigenvalue weighted by molar-refractivity contribution is 5.82. The molecule has 3 aliphatic carbocycles. The second-order valence-electron chi connectivity index (χ2n) is 6.83. The number of hydrogen-bond acceptors (Lipinski definition) is 2. The zero-order valence-corrected chi connectivity index (χ0v) is 11.5. The number of carbonyl (C=O) groups excluding carboxylic acids is 1. The van der Waals surface area contributed by atoms with Gasteiger partial charge in [0.05, 0.1) is 6.61 Å². The lowest BCUT2D eigenvalue weighted by molar-refractivity contribution is -0.124. The monoisotopic (exact) mass is 251 g/mol. The predicted octanol–water partition coefficient (Wildman–Crippen LogP) is 2.50. The molecule has 0 aromatic rings. The number of methoxy groups -OCH3 is 1. The van der Waals surface area contributed by atoms with Crippen LogP contribution in [0.15, 0.2) is 0 Å². The SMILES string of the molecule is COCC1(CNC(=O)C2CC23CCC3)CCCC1. The highest BCUT2D eigenvalue weighted by Gasteiger charge is 2.60. The molecule has 3 fully saturated rings. The molecule has 0 aromatic heterocycles. The average molecular weight is 251 g/mol. The lowest BCUT2D eigenvalue weighted by Crippen LogP contribution is -2.40. The molecule has 0 aliphatic heterocycles. The molecular formula is C15H25NO2. The number of ether oxygens (including phenoxy) is 1. The van der Waals surface area contributed by atoms with E-state index in [0.717, 1.165) is 19.6 Å². The van der Waals surface area contributed by atoms with Crippen LogP contribution in [-0.4, -0.2) is 26.2 Å². The van der Waals surface area contributed by atoms with Gasteiger partial charge in [-0.1, -0.05) is 19.3 Å². The topological polar surface area (TPSA) is 38.3 Å². The third kappa shape index (κ3) is 2.07. The molecule has 3 rings (SSSR count). The Balaban J connectivity index is 1.49. The van der Waals surface area contributed by atoms with Gasteiger partial charge in [0, 0.05) is 25.0 Å². The summed E-state index contributed by atoms with van der Waals surface area (Å²) >= 11 is 0. The molecule has 1 atom stereocenters. The highest BCUT2D eigenvalue weighted by atomic mass is 16.5. The second kappa shape index (κ2) is 4.52. The number of rotatable bonds is 5. The number of carbonyl (C=O) groups is 1. The van der Waals surface area contributed by atoms with E-state index in [1.54, 1.807) is 7.11 Å². The Labute approximate surface area is 110 Å². The zero-order valence-electron chi connectivity index (χ0n) is 11.5. The first-order chi connectivity index (χ1) is 8.70. The lowest BCUT2D eigenvalue weighted by Gasteiger charge is -2.29. The molecule has 3 nitrogen and oxygen atoms in total. The van der Waals surface area contributed by atoms with Gasteiger partial charge in [-0.2, -0.15) is 0 Å². The van der Waals surface area contributed by atoms with Crippen molar-refractivity contribution in [2.75, 3.05) is 20.3 Å². The fourth-order valence-corrected chi connectivity index (χ4v) is 4.10. The van der Waals surface area contributed by atoms with Gasteiger partial charge in [-0.05, 0) is 37.5 Å². The molecule has 0 saturated heterocycles. The molecule has 3 saturated carbocycles. The zero-order chi connectivity index (χ0) is 12.6. The predicted molar refractivity (Wildman–Crippen MR) is 70.2 cm³/mol. The summed E-state index contributed by atoms with van der Waals surface area (Å²) in [5.74, 6) is 0.657. The summed E-state index contributed by atoms with van der Waals surface area (Å²) < 4.78 is 5.36. The minimum Gasteiger partial charge on any atom is -0.384 e. The maximum absolute atomic E-state index is 12.2. The van der Waals surface area contributed by atoms with Crippen LogP contribution in [0.25, 0.3) is 0 Å². The maximum atomic E-state index is 12.2. The van der Waals surface area contributed by atoms with Gasteiger partial charge in [-0.25, -0.2) is 0 Å². The first kappa shape index (κ1) is 12.5. The van der Waals surface area contributed by atoms with Crippen LogP contribution in [-0.2, 0) is 9.53 Å². The third-order valence-corrected chi connectivity index (χ3v) is 5.61. The van der Waals surface area contributed by atoms with E-state index in [9.17, 15) is 4.79 Å². The Hall–Kier alpha value is -0.570. The molecule has 102 valence electrons. The Morgan fingerprint density at radius 2 is 1.94 bits per heavy atom. The molecule has 1 N–H and O–H groups in total. The van der Waals surface area contributed by atoms with Crippen molar-refractivity contribution < 1.29 is 9.53 Å². The van der Waals surface area contributed by atoms with Crippen molar-refractivity contribution in [3.63, 3.8) is 0 Å². The van der Waals surface area contributed by atoms with E-state index in [1.165, 1.54) is 44.9 Å². The van der Waals surface area contributed by atoms with Crippen molar-refractivity contribution in [2.45, 2.75) is 51.4 Å². The highest BCUT2D eigenvalue weighted by Crippen LogP contribution is 2.65. The van der Waals surface area contributed by atoms with Crippen LogP contribution in [0.4, 0.5) is 0 Å². The molecule has 0 radical (unpaired) electrons. The Bertz CT molecular complexity index is 329. The lowest BCUT2D eigenvalue weighted by atomic mass is 9.79. The molecule has 18 heavy (non-hydrogen) atoms. The number of amides is 1. The minimum absolute atomic E-state index is 0.228. The van der Waals surface area contributed by atoms with Gasteiger partial charge in [0.2, 0.25) is 5.91 Å². The summed E-state index contributed by atoms with van der Waals surface area (Å²) in [5, 5.41) is 3.22. The largest absolute Gasteiger partial charge is 0.384 e. The van der Waals surface area contributed by atoms with Crippen LogP contribution in [0.5, 0.6) is 0 Å². The van der Waals surface area contributed by atoms with E-state index in [1.807, 2.05) is 0 Å². The van der Waals surface area contributed by atoms with Crippen molar-refractivity contribution in [3.8, 4) is 0 Å². The molecule has 0 heterocycles. The van der Waals surface area contributed by atoms with Crippen molar-refractivity contribution in [1.29, 1.82) is 0 Å². The first-order valence-electron chi connectivity index (χ1n) is 7.47. The van der Waals surface area contributed by atoms with Crippen molar-refractivity contribution in [3.05, 3.63) is 0 Å². The van der Waals surface area contributed by atoms with Gasteiger partial charge in [-0.15, -0.1) is 0 Å². The summed E-state index contributed by atoms with van der Waals surface area (Å²) in [6.07, 6.45) is 10.0. The van der Waals surface area contributed by atoms with Crippen LogP contribution in [0.3, 0.4) is 0 Å². The van der Waals surface area contributed by atoms with E-state index >= 15 is 0 Å². The van der Waals surface area contributed by atoms with E-state index in [-0.39, 0.29) is 5.41 Å². The normalized spacial score (nSPS) is 31.1. The van der Waals surface area contributed by atoms with Gasteiger partial charge < -0.3 is 10.1 Å². The standard InChI is InChI=1S/C15H25NO2/c1-18-11-14(5-2-3-6-14)10-16-13(17)12-9-15(12)7-4-8-15/h12H,2-11H2,1H3,(H,16,17). The van der Waals surface area contributed by atoms with Crippen LogP contribution in [0.2, 0.25) is 0 Å². The van der Waals surface area contributed by atoms with Crippen molar-refractivity contribution >= 4 is 5.91 Å². The van der Waals surface area contributed by atoms with Crippen LogP contribution in [0, 0.1) is 16.7 Å². The Kier molecular flexibility index (Phi) is 3.13. The molecule has 1 amide bonds. The summed E-state index contributed by atoms with van der Waals surface area (Å²) in [4.78, 5) is 12.2. The Morgan fingerprint density at radius 3 is 2.44 bits per heavy atom. The van der Waals surface area contributed by atoms with Crippen molar-refractivity contribution in [1.82, 2.24) is 5.32 Å². The molecular weight excluding hydrogens is 226 g/mol. The molecule has 1 unspecified atom stereocenters. The van der Waals surface area contributed by atoms with Gasteiger partial charge >= 0.3 is 0 Å². The summed E-state index contributed by atoms with van der Waals surface area (Å²) in [6.45, 7) is 1.62. The fraction of sp³-hybridized carbons (Fsp3) is 0.933.